The Labute approximate surface area is 106 Å². The number of aromatic amines is 1. The summed E-state index contributed by atoms with van der Waals surface area (Å²) in [6.07, 6.45) is 2.46. The Morgan fingerprint density at radius 3 is 3.00 bits per heavy atom. The van der Waals surface area contributed by atoms with Gasteiger partial charge in [0, 0.05) is 17.6 Å². The van der Waals surface area contributed by atoms with E-state index in [4.69, 9.17) is 5.73 Å². The highest BCUT2D eigenvalue weighted by Gasteiger charge is 2.29. The SMILES string of the molecule is CCC(C)(CN)C(=O)Nc1ccc2cn[nH]c2c1. The van der Waals surface area contributed by atoms with E-state index in [1.807, 2.05) is 32.0 Å². The van der Waals surface area contributed by atoms with Gasteiger partial charge < -0.3 is 11.1 Å². The summed E-state index contributed by atoms with van der Waals surface area (Å²) in [4.78, 5) is 12.2. The zero-order chi connectivity index (χ0) is 13.2. The molecular weight excluding hydrogens is 228 g/mol. The van der Waals surface area contributed by atoms with Gasteiger partial charge in [-0.05, 0) is 31.5 Å². The van der Waals surface area contributed by atoms with Crippen molar-refractivity contribution in [1.82, 2.24) is 10.2 Å². The first-order valence-electron chi connectivity index (χ1n) is 6.04. The van der Waals surface area contributed by atoms with Crippen LogP contribution in [0.15, 0.2) is 24.4 Å². The van der Waals surface area contributed by atoms with Gasteiger partial charge in [-0.2, -0.15) is 5.10 Å². The van der Waals surface area contributed by atoms with Gasteiger partial charge in [0.05, 0.1) is 17.1 Å². The fraction of sp³-hybridized carbons (Fsp3) is 0.385. The van der Waals surface area contributed by atoms with E-state index in [9.17, 15) is 4.79 Å². The lowest BCUT2D eigenvalue weighted by Crippen LogP contribution is -2.39. The second kappa shape index (κ2) is 4.78. The lowest BCUT2D eigenvalue weighted by Gasteiger charge is -2.24. The number of fused-ring (bicyclic) bond motifs is 1. The molecule has 0 aliphatic carbocycles. The van der Waals surface area contributed by atoms with Gasteiger partial charge in [0.15, 0.2) is 0 Å². The highest BCUT2D eigenvalue weighted by molar-refractivity contribution is 5.96. The molecule has 5 nitrogen and oxygen atoms in total. The summed E-state index contributed by atoms with van der Waals surface area (Å²) in [5, 5.41) is 10.7. The van der Waals surface area contributed by atoms with E-state index in [1.165, 1.54) is 0 Å². The molecule has 5 heteroatoms. The average molecular weight is 246 g/mol. The minimum absolute atomic E-state index is 0.0497. The number of amides is 1. The Balaban J connectivity index is 2.20. The summed E-state index contributed by atoms with van der Waals surface area (Å²) in [6.45, 7) is 4.17. The van der Waals surface area contributed by atoms with Crippen LogP contribution in [0.1, 0.15) is 20.3 Å². The number of nitrogens with one attached hydrogen (secondary N) is 2. The van der Waals surface area contributed by atoms with E-state index in [0.29, 0.717) is 13.0 Å². The Morgan fingerprint density at radius 2 is 2.33 bits per heavy atom. The van der Waals surface area contributed by atoms with Gasteiger partial charge in [-0.1, -0.05) is 6.92 Å². The molecule has 2 rings (SSSR count). The second-order valence-electron chi connectivity index (χ2n) is 4.74. The molecule has 1 unspecified atom stereocenters. The molecule has 0 aliphatic rings. The summed E-state index contributed by atoms with van der Waals surface area (Å²) in [6, 6.07) is 5.65. The maximum Gasteiger partial charge on any atom is 0.231 e. The molecule has 1 amide bonds. The van der Waals surface area contributed by atoms with Gasteiger partial charge in [-0.25, -0.2) is 0 Å². The van der Waals surface area contributed by atoms with Crippen molar-refractivity contribution in [3.63, 3.8) is 0 Å². The number of benzene rings is 1. The minimum atomic E-state index is -0.525. The van der Waals surface area contributed by atoms with Gasteiger partial charge in [0.1, 0.15) is 0 Å². The summed E-state index contributed by atoms with van der Waals surface area (Å²) >= 11 is 0. The monoisotopic (exact) mass is 246 g/mol. The predicted molar refractivity (Wildman–Crippen MR) is 72.2 cm³/mol. The molecule has 0 saturated heterocycles. The van der Waals surface area contributed by atoms with Crippen molar-refractivity contribution >= 4 is 22.5 Å². The average Bonchev–Trinajstić information content (AvgIpc) is 2.85. The van der Waals surface area contributed by atoms with Gasteiger partial charge in [-0.15, -0.1) is 0 Å². The summed E-state index contributed by atoms with van der Waals surface area (Å²) in [5.41, 5.74) is 6.80. The second-order valence-corrected chi connectivity index (χ2v) is 4.74. The van der Waals surface area contributed by atoms with Crippen LogP contribution in [-0.4, -0.2) is 22.6 Å². The van der Waals surface area contributed by atoms with Crippen molar-refractivity contribution in [2.75, 3.05) is 11.9 Å². The molecular formula is C13H18N4O. The van der Waals surface area contributed by atoms with Gasteiger partial charge in [0.25, 0.3) is 0 Å². The zero-order valence-corrected chi connectivity index (χ0v) is 10.7. The molecule has 0 bridgehead atoms. The van der Waals surface area contributed by atoms with E-state index in [-0.39, 0.29) is 5.91 Å². The third-order valence-electron chi connectivity index (χ3n) is 3.48. The van der Waals surface area contributed by atoms with E-state index in [1.54, 1.807) is 6.20 Å². The van der Waals surface area contributed by atoms with Crippen molar-refractivity contribution in [3.05, 3.63) is 24.4 Å². The van der Waals surface area contributed by atoms with E-state index < -0.39 is 5.41 Å². The van der Waals surface area contributed by atoms with Crippen LogP contribution in [0.2, 0.25) is 0 Å². The molecule has 96 valence electrons. The van der Waals surface area contributed by atoms with Crippen LogP contribution in [0.3, 0.4) is 0 Å². The first-order chi connectivity index (χ1) is 8.59. The summed E-state index contributed by atoms with van der Waals surface area (Å²) in [7, 11) is 0. The topological polar surface area (TPSA) is 83.8 Å². The quantitative estimate of drug-likeness (QED) is 0.770. The fourth-order valence-corrected chi connectivity index (χ4v) is 1.69. The lowest BCUT2D eigenvalue weighted by molar-refractivity contribution is -0.124. The normalized spacial score (nSPS) is 14.4. The van der Waals surface area contributed by atoms with Crippen molar-refractivity contribution in [1.29, 1.82) is 0 Å². The number of nitrogens with zero attached hydrogens (tertiary/aromatic N) is 1. The Kier molecular flexibility index (Phi) is 3.34. The van der Waals surface area contributed by atoms with Crippen LogP contribution >= 0.6 is 0 Å². The number of anilines is 1. The van der Waals surface area contributed by atoms with Gasteiger partial charge >= 0.3 is 0 Å². The molecule has 0 fully saturated rings. The molecule has 0 aliphatic heterocycles. The van der Waals surface area contributed by atoms with Crippen molar-refractivity contribution in [3.8, 4) is 0 Å². The third-order valence-corrected chi connectivity index (χ3v) is 3.48. The number of rotatable bonds is 4. The molecule has 0 spiro atoms. The maximum atomic E-state index is 12.2. The smallest absolute Gasteiger partial charge is 0.231 e. The minimum Gasteiger partial charge on any atom is -0.329 e. The summed E-state index contributed by atoms with van der Waals surface area (Å²) in [5.74, 6) is -0.0497. The lowest BCUT2D eigenvalue weighted by atomic mass is 9.86. The van der Waals surface area contributed by atoms with Crippen molar-refractivity contribution in [2.24, 2.45) is 11.1 Å². The first kappa shape index (κ1) is 12.6. The largest absolute Gasteiger partial charge is 0.329 e. The maximum absolute atomic E-state index is 12.2. The van der Waals surface area contributed by atoms with Crippen LogP contribution in [0.5, 0.6) is 0 Å². The number of nitrogens with two attached hydrogens (primary N) is 1. The van der Waals surface area contributed by atoms with Crippen LogP contribution in [0.4, 0.5) is 5.69 Å². The molecule has 1 aromatic carbocycles. The zero-order valence-electron chi connectivity index (χ0n) is 10.7. The highest BCUT2D eigenvalue weighted by atomic mass is 16.2. The van der Waals surface area contributed by atoms with Crippen LogP contribution in [0, 0.1) is 5.41 Å². The van der Waals surface area contributed by atoms with Crippen LogP contribution in [0.25, 0.3) is 10.9 Å². The number of hydrogen-bond acceptors (Lipinski definition) is 3. The standard InChI is InChI=1S/C13H18N4O/c1-3-13(2,8-14)12(18)16-10-5-4-9-7-15-17-11(9)6-10/h4-7H,3,8,14H2,1-2H3,(H,15,17)(H,16,18). The van der Waals surface area contributed by atoms with Gasteiger partial charge in [0.2, 0.25) is 5.91 Å². The van der Waals surface area contributed by atoms with Gasteiger partial charge in [-0.3, -0.25) is 9.89 Å². The number of carbonyl (C=O) groups is 1. The molecule has 2 aromatic rings. The Morgan fingerprint density at radius 1 is 1.56 bits per heavy atom. The fourth-order valence-electron chi connectivity index (χ4n) is 1.69. The number of H-pyrrole nitrogens is 1. The van der Waals surface area contributed by atoms with Crippen molar-refractivity contribution < 1.29 is 4.79 Å². The first-order valence-corrected chi connectivity index (χ1v) is 6.04. The molecule has 1 heterocycles. The third kappa shape index (κ3) is 2.22. The highest BCUT2D eigenvalue weighted by Crippen LogP contribution is 2.23. The molecule has 0 saturated carbocycles. The van der Waals surface area contributed by atoms with E-state index >= 15 is 0 Å². The van der Waals surface area contributed by atoms with E-state index in [0.717, 1.165) is 16.6 Å². The number of hydrogen-bond donors (Lipinski definition) is 3. The number of aromatic nitrogens is 2. The molecule has 1 aromatic heterocycles. The molecule has 4 N–H and O–H groups in total. The number of carbonyl (C=O) groups excluding carboxylic acids is 1. The van der Waals surface area contributed by atoms with E-state index in [2.05, 4.69) is 15.5 Å². The van der Waals surface area contributed by atoms with Crippen LogP contribution in [-0.2, 0) is 4.79 Å². The van der Waals surface area contributed by atoms with Crippen LogP contribution < -0.4 is 11.1 Å². The Hall–Kier alpha value is -1.88. The molecule has 0 radical (unpaired) electrons. The molecule has 18 heavy (non-hydrogen) atoms. The predicted octanol–water partition coefficient (Wildman–Crippen LogP) is 1.88. The van der Waals surface area contributed by atoms with Crippen molar-refractivity contribution in [2.45, 2.75) is 20.3 Å². The Bertz CT molecular complexity index is 557. The summed E-state index contributed by atoms with van der Waals surface area (Å²) < 4.78 is 0. The molecule has 1 atom stereocenters.